The van der Waals surface area contributed by atoms with E-state index in [-0.39, 0.29) is 18.3 Å². The third kappa shape index (κ3) is 2.43. The molecule has 7 heteroatoms. The normalized spacial score (nSPS) is 46.0. The lowest BCUT2D eigenvalue weighted by Gasteiger charge is -2.43. The Morgan fingerprint density at radius 2 is 1.72 bits per heavy atom. The van der Waals surface area contributed by atoms with Gasteiger partial charge in [0, 0.05) is 6.42 Å². The quantitative estimate of drug-likeness (QED) is 0.482. The highest BCUT2D eigenvalue weighted by Gasteiger charge is 2.71. The lowest BCUT2D eigenvalue weighted by molar-refractivity contribution is -0.195. The molecule has 138 valence electrons. The number of ketones is 1. The van der Waals surface area contributed by atoms with Crippen molar-refractivity contribution < 1.29 is 33.3 Å². The molecule has 0 aromatic rings. The maximum Gasteiger partial charge on any atom is 0.321 e. The summed E-state index contributed by atoms with van der Waals surface area (Å²) in [6, 6.07) is 0. The summed E-state index contributed by atoms with van der Waals surface area (Å²) in [6.07, 6.45) is 1.37. The summed E-state index contributed by atoms with van der Waals surface area (Å²) in [7, 11) is 0. The minimum absolute atomic E-state index is 0.103. The van der Waals surface area contributed by atoms with Gasteiger partial charge in [-0.05, 0) is 46.5 Å². The molecule has 6 atom stereocenters. The first kappa shape index (κ1) is 17.0. The lowest BCUT2D eigenvalue weighted by atomic mass is 9.65. The molecule has 0 radical (unpaired) electrons. The predicted molar refractivity (Wildman–Crippen MR) is 83.3 cm³/mol. The van der Waals surface area contributed by atoms with E-state index in [4.69, 9.17) is 18.9 Å². The van der Waals surface area contributed by atoms with E-state index in [2.05, 4.69) is 0 Å². The Kier molecular flexibility index (Phi) is 3.74. The van der Waals surface area contributed by atoms with Crippen LogP contribution < -0.4 is 0 Å². The van der Waals surface area contributed by atoms with Crippen molar-refractivity contribution in [1.82, 2.24) is 0 Å². The molecule has 1 spiro atoms. The standard InChI is InChI=1S/C18H24O7/c1-9-5-4-6-12-18(25-17(2,3)24-12)11(19)8-7-10-14(18)13(15(20)22-9)16(21)23-10/h9-10,12-14H,4-8H2,1-3H3/t9-,10-,12+,13-,14+,18+/m0/s1. The number of carbonyl (C=O) groups is 3. The van der Waals surface area contributed by atoms with E-state index in [0.717, 1.165) is 6.42 Å². The number of ether oxygens (including phenoxy) is 4. The summed E-state index contributed by atoms with van der Waals surface area (Å²) in [5.74, 6) is -4.11. The van der Waals surface area contributed by atoms with E-state index >= 15 is 0 Å². The van der Waals surface area contributed by atoms with E-state index in [1.807, 2.05) is 6.92 Å². The van der Waals surface area contributed by atoms with Crippen molar-refractivity contribution in [2.24, 2.45) is 11.8 Å². The Labute approximate surface area is 146 Å². The number of cyclic esters (lactones) is 1. The number of rotatable bonds is 0. The van der Waals surface area contributed by atoms with E-state index in [1.165, 1.54) is 0 Å². The zero-order chi connectivity index (χ0) is 18.0. The fourth-order valence-electron chi connectivity index (χ4n) is 4.96. The van der Waals surface area contributed by atoms with Gasteiger partial charge in [0.05, 0.1) is 18.1 Å². The van der Waals surface area contributed by atoms with E-state index < -0.39 is 47.4 Å². The number of carbonyl (C=O) groups excluding carboxylic acids is 3. The Morgan fingerprint density at radius 3 is 2.48 bits per heavy atom. The molecule has 4 aliphatic rings. The van der Waals surface area contributed by atoms with E-state index in [0.29, 0.717) is 19.3 Å². The summed E-state index contributed by atoms with van der Waals surface area (Å²) in [5, 5.41) is 0. The van der Waals surface area contributed by atoms with E-state index in [9.17, 15) is 14.4 Å². The molecule has 1 aliphatic carbocycles. The molecular weight excluding hydrogens is 328 g/mol. The first-order valence-electron chi connectivity index (χ1n) is 9.07. The summed E-state index contributed by atoms with van der Waals surface area (Å²) in [5.41, 5.74) is -1.32. The third-order valence-electron chi connectivity index (χ3n) is 5.84. The highest BCUT2D eigenvalue weighted by atomic mass is 16.8. The van der Waals surface area contributed by atoms with Crippen LogP contribution >= 0.6 is 0 Å². The zero-order valence-electron chi connectivity index (χ0n) is 14.8. The molecule has 4 rings (SSSR count). The van der Waals surface area contributed by atoms with Gasteiger partial charge in [0.25, 0.3) is 0 Å². The van der Waals surface area contributed by atoms with Crippen LogP contribution in [0.4, 0.5) is 0 Å². The minimum atomic E-state index is -1.32. The number of esters is 2. The van der Waals surface area contributed by atoms with Crippen LogP contribution in [0.1, 0.15) is 52.9 Å². The van der Waals surface area contributed by atoms with Gasteiger partial charge in [-0.15, -0.1) is 0 Å². The van der Waals surface area contributed by atoms with Gasteiger partial charge in [0.15, 0.2) is 23.1 Å². The van der Waals surface area contributed by atoms with Crippen LogP contribution in [0.2, 0.25) is 0 Å². The van der Waals surface area contributed by atoms with Gasteiger partial charge in [-0.3, -0.25) is 14.4 Å². The molecule has 4 fully saturated rings. The number of hydrogen-bond acceptors (Lipinski definition) is 7. The predicted octanol–water partition coefficient (Wildman–Crippen LogP) is 1.51. The van der Waals surface area contributed by atoms with Crippen LogP contribution in [0.15, 0.2) is 0 Å². The van der Waals surface area contributed by atoms with Crippen LogP contribution in [0.25, 0.3) is 0 Å². The zero-order valence-corrected chi connectivity index (χ0v) is 14.8. The summed E-state index contributed by atoms with van der Waals surface area (Å²) in [4.78, 5) is 38.2. The van der Waals surface area contributed by atoms with Crippen molar-refractivity contribution in [3.8, 4) is 0 Å². The molecule has 0 aromatic heterocycles. The Hall–Kier alpha value is -1.47. The lowest BCUT2D eigenvalue weighted by Crippen LogP contribution is -2.62. The molecule has 3 aliphatic heterocycles. The maximum atomic E-state index is 13.1. The minimum Gasteiger partial charge on any atom is -0.462 e. The van der Waals surface area contributed by atoms with Gasteiger partial charge in [0.1, 0.15) is 6.10 Å². The van der Waals surface area contributed by atoms with E-state index in [1.54, 1.807) is 13.8 Å². The molecule has 0 N–H and O–H groups in total. The molecule has 25 heavy (non-hydrogen) atoms. The van der Waals surface area contributed by atoms with Crippen molar-refractivity contribution in [2.45, 2.75) is 82.6 Å². The average Bonchev–Trinajstić information content (AvgIpc) is 2.98. The van der Waals surface area contributed by atoms with Crippen LogP contribution in [0, 0.1) is 11.8 Å². The molecule has 1 saturated carbocycles. The molecule has 0 amide bonds. The number of hydrogen-bond donors (Lipinski definition) is 0. The second-order valence-electron chi connectivity index (χ2n) is 8.02. The van der Waals surface area contributed by atoms with Crippen LogP contribution in [-0.4, -0.2) is 47.4 Å². The molecule has 7 nitrogen and oxygen atoms in total. The Bertz CT molecular complexity index is 627. The van der Waals surface area contributed by atoms with Gasteiger partial charge in [-0.2, -0.15) is 0 Å². The van der Waals surface area contributed by atoms with Crippen molar-refractivity contribution in [2.75, 3.05) is 0 Å². The maximum absolute atomic E-state index is 13.1. The van der Waals surface area contributed by atoms with Gasteiger partial charge < -0.3 is 18.9 Å². The fourth-order valence-corrected chi connectivity index (χ4v) is 4.96. The highest BCUT2D eigenvalue weighted by molar-refractivity contribution is 6.00. The highest BCUT2D eigenvalue weighted by Crippen LogP contribution is 2.54. The monoisotopic (exact) mass is 352 g/mol. The molecule has 3 saturated heterocycles. The second kappa shape index (κ2) is 5.51. The molecule has 3 heterocycles. The van der Waals surface area contributed by atoms with Gasteiger partial charge in [-0.1, -0.05) is 0 Å². The largest absolute Gasteiger partial charge is 0.462 e. The summed E-state index contributed by atoms with van der Waals surface area (Å²) in [6.45, 7) is 5.34. The van der Waals surface area contributed by atoms with Gasteiger partial charge >= 0.3 is 11.9 Å². The van der Waals surface area contributed by atoms with Crippen LogP contribution in [0.5, 0.6) is 0 Å². The van der Waals surface area contributed by atoms with Crippen LogP contribution in [0.3, 0.4) is 0 Å². The van der Waals surface area contributed by atoms with Crippen molar-refractivity contribution in [3.63, 3.8) is 0 Å². The molecule has 0 bridgehead atoms. The third-order valence-corrected chi connectivity index (χ3v) is 5.84. The Morgan fingerprint density at radius 1 is 1.00 bits per heavy atom. The fraction of sp³-hybridized carbons (Fsp3) is 0.833. The number of Topliss-reactive ketones (excluding diaryl/α,β-unsaturated/α-hetero) is 1. The molecular formula is C18H24O7. The summed E-state index contributed by atoms with van der Waals surface area (Å²) < 4.78 is 23.2. The van der Waals surface area contributed by atoms with Crippen molar-refractivity contribution in [3.05, 3.63) is 0 Å². The smallest absolute Gasteiger partial charge is 0.321 e. The van der Waals surface area contributed by atoms with Crippen LogP contribution in [-0.2, 0) is 33.3 Å². The van der Waals surface area contributed by atoms with Gasteiger partial charge in [0.2, 0.25) is 0 Å². The molecule has 0 unspecified atom stereocenters. The topological polar surface area (TPSA) is 88.1 Å². The second-order valence-corrected chi connectivity index (χ2v) is 8.02. The summed E-state index contributed by atoms with van der Waals surface area (Å²) >= 11 is 0. The first-order chi connectivity index (χ1) is 11.7. The SMILES string of the molecule is C[C@H]1CCC[C@H]2OC(C)(C)O[C@]23C(=O)CC[C@@H]2OC(=O)[C@H](C(=O)O1)[C@@H]23. The molecule has 0 aromatic carbocycles. The first-order valence-corrected chi connectivity index (χ1v) is 9.07. The van der Waals surface area contributed by atoms with Crippen molar-refractivity contribution >= 4 is 17.7 Å². The van der Waals surface area contributed by atoms with Crippen molar-refractivity contribution in [1.29, 1.82) is 0 Å². The van der Waals surface area contributed by atoms with Gasteiger partial charge in [-0.25, -0.2) is 0 Å². The average molecular weight is 352 g/mol. The Balaban J connectivity index is 1.84.